The molecule has 0 unspecified atom stereocenters. The number of ketones is 1. The highest BCUT2D eigenvalue weighted by atomic mass is 32.1. The Labute approximate surface area is 167 Å². The molecule has 2 rings (SSSR count). The van der Waals surface area contributed by atoms with E-state index in [4.69, 9.17) is 4.74 Å². The molecule has 0 fully saturated rings. The molecule has 0 aliphatic rings. The summed E-state index contributed by atoms with van der Waals surface area (Å²) in [4.78, 5) is 49.9. The molecule has 7 nitrogen and oxygen atoms in total. The van der Waals surface area contributed by atoms with Gasteiger partial charge >= 0.3 is 17.8 Å². The highest BCUT2D eigenvalue weighted by Gasteiger charge is 2.32. The molecule has 160 valence electrons. The number of Topliss-reactive ketones (excluding diaryl/α,β-unsaturated/α-hetero) is 1. The summed E-state index contributed by atoms with van der Waals surface area (Å²) >= 11 is 0.613. The molecule has 2 aromatic heterocycles. The Morgan fingerprint density at radius 2 is 1.69 bits per heavy atom. The molecule has 0 saturated carbocycles. The van der Waals surface area contributed by atoms with Crippen LogP contribution in [0.1, 0.15) is 61.1 Å². The lowest BCUT2D eigenvalue weighted by atomic mass is 10.1. The average Bonchev–Trinajstić information content (AvgIpc) is 2.93. The molecule has 0 aliphatic carbocycles. The number of esters is 1. The lowest BCUT2D eigenvalue weighted by Gasteiger charge is -2.19. The number of fused-ring (bicyclic) bond motifs is 1. The van der Waals surface area contributed by atoms with Gasteiger partial charge in [-0.15, -0.1) is 11.3 Å². The quantitative estimate of drug-likeness (QED) is 0.532. The first kappa shape index (κ1) is 22.9. The van der Waals surface area contributed by atoms with Gasteiger partial charge < -0.3 is 4.74 Å². The van der Waals surface area contributed by atoms with Crippen LogP contribution in [-0.2, 0) is 17.8 Å². The number of aromatic nitrogens is 2. The monoisotopic (exact) mass is 434 g/mol. The third kappa shape index (κ3) is 4.77. The maximum absolute atomic E-state index is 12.8. The largest absolute Gasteiger partial charge is 0.456 e. The van der Waals surface area contributed by atoms with Gasteiger partial charge in [-0.3, -0.25) is 18.7 Å². The fourth-order valence-corrected chi connectivity index (χ4v) is 4.02. The van der Waals surface area contributed by atoms with Crippen LogP contribution in [0.5, 0.6) is 0 Å². The molecule has 0 saturated heterocycles. The standard InChI is InChI=1S/C18H21F3N2O5S/c1-6-22-13(25)11-10(9(2)24)12(15(26)28-17(3,4)5)29-14(11)23(16(22)27)8-7-18(19,20)21/h6-8H2,1-5H3. The summed E-state index contributed by atoms with van der Waals surface area (Å²) in [6, 6.07) is 0. The van der Waals surface area contributed by atoms with Crippen molar-refractivity contribution in [1.29, 1.82) is 0 Å². The first-order valence-electron chi connectivity index (χ1n) is 8.79. The third-order valence-electron chi connectivity index (χ3n) is 3.93. The van der Waals surface area contributed by atoms with E-state index in [2.05, 4.69) is 0 Å². The number of aryl methyl sites for hydroxylation is 1. The fraction of sp³-hybridized carbons (Fsp3) is 0.556. The van der Waals surface area contributed by atoms with E-state index in [1.807, 2.05) is 0 Å². The molecular weight excluding hydrogens is 413 g/mol. The van der Waals surface area contributed by atoms with Gasteiger partial charge in [-0.2, -0.15) is 13.2 Å². The Hall–Kier alpha value is -2.43. The van der Waals surface area contributed by atoms with Crippen molar-refractivity contribution < 1.29 is 27.5 Å². The number of ether oxygens (including phenoxy) is 1. The Morgan fingerprint density at radius 3 is 2.14 bits per heavy atom. The van der Waals surface area contributed by atoms with Crippen molar-refractivity contribution in [1.82, 2.24) is 9.13 Å². The van der Waals surface area contributed by atoms with E-state index in [1.54, 1.807) is 20.8 Å². The predicted molar refractivity (Wildman–Crippen MR) is 102 cm³/mol. The van der Waals surface area contributed by atoms with Gasteiger partial charge in [0.05, 0.1) is 17.4 Å². The first-order chi connectivity index (χ1) is 13.2. The summed E-state index contributed by atoms with van der Waals surface area (Å²) in [5.41, 5.74) is -2.90. The summed E-state index contributed by atoms with van der Waals surface area (Å²) < 4.78 is 45.1. The van der Waals surface area contributed by atoms with E-state index in [0.29, 0.717) is 11.3 Å². The molecule has 0 radical (unpaired) electrons. The molecule has 0 atom stereocenters. The normalized spacial score (nSPS) is 12.4. The SMILES string of the molecule is CCn1c(=O)c2c(C(C)=O)c(C(=O)OC(C)(C)C)sc2n(CCC(F)(F)F)c1=O. The average molecular weight is 434 g/mol. The van der Waals surface area contributed by atoms with Crippen LogP contribution in [0.2, 0.25) is 0 Å². The van der Waals surface area contributed by atoms with Gasteiger partial charge in [0, 0.05) is 13.1 Å². The number of nitrogens with zero attached hydrogens (tertiary/aromatic N) is 2. The number of thiophene rings is 1. The minimum atomic E-state index is -4.53. The van der Waals surface area contributed by atoms with Crippen LogP contribution in [0.25, 0.3) is 10.2 Å². The molecule has 29 heavy (non-hydrogen) atoms. The van der Waals surface area contributed by atoms with E-state index in [9.17, 15) is 32.3 Å². The van der Waals surface area contributed by atoms with Crippen molar-refractivity contribution in [3.63, 3.8) is 0 Å². The third-order valence-corrected chi connectivity index (χ3v) is 5.12. The molecule has 0 aliphatic heterocycles. The molecule has 0 amide bonds. The van der Waals surface area contributed by atoms with Crippen LogP contribution in [0.15, 0.2) is 9.59 Å². The van der Waals surface area contributed by atoms with Crippen molar-refractivity contribution in [2.24, 2.45) is 0 Å². The number of carbonyl (C=O) groups is 2. The van der Waals surface area contributed by atoms with E-state index in [1.165, 1.54) is 6.92 Å². The fourth-order valence-electron chi connectivity index (χ4n) is 2.78. The van der Waals surface area contributed by atoms with Gasteiger partial charge in [0.2, 0.25) is 0 Å². The summed E-state index contributed by atoms with van der Waals surface area (Å²) in [6.07, 6.45) is -5.84. The molecule has 2 heterocycles. The second-order valence-electron chi connectivity index (χ2n) is 7.39. The van der Waals surface area contributed by atoms with Crippen molar-refractivity contribution in [3.05, 3.63) is 31.3 Å². The van der Waals surface area contributed by atoms with Crippen LogP contribution in [0.3, 0.4) is 0 Å². The number of hydrogen-bond donors (Lipinski definition) is 0. The van der Waals surface area contributed by atoms with Gasteiger partial charge in [0.15, 0.2) is 5.78 Å². The second-order valence-corrected chi connectivity index (χ2v) is 8.39. The van der Waals surface area contributed by atoms with Crippen LogP contribution in [0, 0.1) is 0 Å². The van der Waals surface area contributed by atoms with Crippen LogP contribution < -0.4 is 11.2 Å². The smallest absolute Gasteiger partial charge is 0.390 e. The molecule has 0 spiro atoms. The number of carbonyl (C=O) groups excluding carboxylic acids is 2. The molecule has 0 bridgehead atoms. The predicted octanol–water partition coefficient (Wildman–Crippen LogP) is 3.35. The highest BCUT2D eigenvalue weighted by Crippen LogP contribution is 2.31. The highest BCUT2D eigenvalue weighted by molar-refractivity contribution is 7.20. The molecular formula is C18H21F3N2O5S. The zero-order chi connectivity index (χ0) is 22.3. The van der Waals surface area contributed by atoms with Crippen LogP contribution in [0.4, 0.5) is 13.2 Å². The zero-order valence-corrected chi connectivity index (χ0v) is 17.4. The first-order valence-corrected chi connectivity index (χ1v) is 9.60. The number of halogens is 3. The summed E-state index contributed by atoms with van der Waals surface area (Å²) in [5, 5.41) is -0.244. The summed E-state index contributed by atoms with van der Waals surface area (Å²) in [5.74, 6) is -1.51. The second kappa shape index (κ2) is 7.77. The summed E-state index contributed by atoms with van der Waals surface area (Å²) in [6.45, 7) is 6.59. The van der Waals surface area contributed by atoms with E-state index >= 15 is 0 Å². The minimum absolute atomic E-state index is 0.103. The zero-order valence-electron chi connectivity index (χ0n) is 16.6. The van der Waals surface area contributed by atoms with Crippen molar-refractivity contribution >= 4 is 33.3 Å². The lowest BCUT2D eigenvalue weighted by molar-refractivity contribution is -0.136. The van der Waals surface area contributed by atoms with E-state index in [0.717, 1.165) is 16.1 Å². The Kier molecular flexibility index (Phi) is 6.12. The number of hydrogen-bond acceptors (Lipinski definition) is 6. The van der Waals surface area contributed by atoms with Gasteiger partial charge in [-0.25, -0.2) is 9.59 Å². The topological polar surface area (TPSA) is 87.4 Å². The number of alkyl halides is 3. The molecule has 2 aromatic rings. The van der Waals surface area contributed by atoms with Crippen molar-refractivity contribution in [3.8, 4) is 0 Å². The molecule has 0 aromatic carbocycles. The van der Waals surface area contributed by atoms with Gasteiger partial charge in [0.25, 0.3) is 5.56 Å². The number of rotatable bonds is 5. The van der Waals surface area contributed by atoms with Crippen LogP contribution in [-0.4, -0.2) is 32.7 Å². The van der Waals surface area contributed by atoms with Gasteiger partial charge in [-0.1, -0.05) is 0 Å². The maximum Gasteiger partial charge on any atom is 0.390 e. The van der Waals surface area contributed by atoms with Crippen LogP contribution >= 0.6 is 11.3 Å². The van der Waals surface area contributed by atoms with E-state index in [-0.39, 0.29) is 27.2 Å². The van der Waals surface area contributed by atoms with Gasteiger partial charge in [-0.05, 0) is 34.6 Å². The molecule has 0 N–H and O–H groups in total. The lowest BCUT2D eigenvalue weighted by Crippen LogP contribution is -2.40. The van der Waals surface area contributed by atoms with Crippen molar-refractivity contribution in [2.45, 2.75) is 65.9 Å². The molecule has 11 heteroatoms. The van der Waals surface area contributed by atoms with Gasteiger partial charge in [0.1, 0.15) is 15.3 Å². The minimum Gasteiger partial charge on any atom is -0.456 e. The Morgan fingerprint density at radius 1 is 1.10 bits per heavy atom. The Bertz CT molecular complexity index is 1090. The van der Waals surface area contributed by atoms with Crippen molar-refractivity contribution in [2.75, 3.05) is 0 Å². The van der Waals surface area contributed by atoms with E-state index < -0.39 is 47.7 Å². The maximum atomic E-state index is 12.8. The summed E-state index contributed by atoms with van der Waals surface area (Å²) in [7, 11) is 0. The Balaban J connectivity index is 2.89.